The van der Waals surface area contributed by atoms with Crippen LogP contribution >= 0.6 is 0 Å². The molecule has 0 saturated carbocycles. The number of pyridine rings is 1. The van der Waals surface area contributed by atoms with Gasteiger partial charge in [0.05, 0.1) is 24.2 Å². The number of piperidine rings is 3. The first kappa shape index (κ1) is 21.5. The number of hydrogen-bond donors (Lipinski definition) is 1. The molecule has 170 valence electrons. The zero-order valence-electron chi connectivity index (χ0n) is 18.8. The Kier molecular flexibility index (Phi) is 5.77. The Hall–Kier alpha value is -3.38. The van der Waals surface area contributed by atoms with E-state index in [0.717, 1.165) is 48.1 Å². The van der Waals surface area contributed by atoms with Gasteiger partial charge in [0.25, 0.3) is 0 Å². The first-order valence-electron chi connectivity index (χ1n) is 11.4. The minimum atomic E-state index is -0.429. The molecule has 33 heavy (non-hydrogen) atoms. The fourth-order valence-electron chi connectivity index (χ4n) is 5.37. The summed E-state index contributed by atoms with van der Waals surface area (Å²) in [6, 6.07) is 14.7. The SMILES string of the molecule is C=C[C@H]1CN2CCC1CC2[C@H](OC(=O)c1ccc(N)cc1)c1ccnc2ccc(OC)cc12. The first-order chi connectivity index (χ1) is 16.1. The van der Waals surface area contributed by atoms with Crippen LogP contribution in [-0.2, 0) is 4.74 Å². The summed E-state index contributed by atoms with van der Waals surface area (Å²) in [5.74, 6) is 1.43. The molecule has 0 spiro atoms. The molecule has 0 aliphatic carbocycles. The molecular weight excluding hydrogens is 414 g/mol. The van der Waals surface area contributed by atoms with Crippen LogP contribution in [0, 0.1) is 11.8 Å². The van der Waals surface area contributed by atoms with Crippen LogP contribution < -0.4 is 10.5 Å². The highest BCUT2D eigenvalue weighted by Crippen LogP contribution is 2.44. The van der Waals surface area contributed by atoms with E-state index in [-0.39, 0.29) is 12.0 Å². The summed E-state index contributed by atoms with van der Waals surface area (Å²) < 4.78 is 11.8. The maximum Gasteiger partial charge on any atom is 0.338 e. The Labute approximate surface area is 194 Å². The standard InChI is InChI=1S/C27H29N3O3/c1-3-17-16-30-13-11-19(17)14-25(30)26(33-27(31)18-4-6-20(28)7-5-18)22-10-12-29-24-9-8-21(32-2)15-23(22)24/h3-10,12,15,17,19,25-26H,1,11,13-14,16,28H2,2H3/t17-,19?,25?,26+/m0/s1. The van der Waals surface area contributed by atoms with Crippen LogP contribution in [0.2, 0.25) is 0 Å². The molecule has 3 aliphatic heterocycles. The Morgan fingerprint density at radius 2 is 2.06 bits per heavy atom. The van der Waals surface area contributed by atoms with Crippen molar-refractivity contribution in [2.45, 2.75) is 25.0 Å². The maximum absolute atomic E-state index is 13.2. The lowest BCUT2D eigenvalue weighted by atomic mass is 9.73. The molecule has 2 bridgehead atoms. The summed E-state index contributed by atoms with van der Waals surface area (Å²) in [4.78, 5) is 20.2. The molecule has 6 rings (SSSR count). The molecule has 2 aromatic carbocycles. The third-order valence-electron chi connectivity index (χ3n) is 7.17. The molecule has 3 aromatic rings. The number of carbonyl (C=O) groups is 1. The number of nitrogens with two attached hydrogens (primary N) is 1. The number of benzene rings is 2. The zero-order chi connectivity index (χ0) is 22.9. The summed E-state index contributed by atoms with van der Waals surface area (Å²) in [6.45, 7) is 5.99. The number of hydrogen-bond acceptors (Lipinski definition) is 6. The van der Waals surface area contributed by atoms with E-state index in [0.29, 0.717) is 23.1 Å². The topological polar surface area (TPSA) is 77.7 Å². The normalized spacial score (nSPS) is 24.9. The molecule has 1 aromatic heterocycles. The largest absolute Gasteiger partial charge is 0.497 e. The molecule has 3 aliphatic rings. The van der Waals surface area contributed by atoms with Crippen molar-refractivity contribution in [1.29, 1.82) is 0 Å². The number of anilines is 1. The second-order valence-corrected chi connectivity index (χ2v) is 8.98. The quantitative estimate of drug-likeness (QED) is 0.340. The Morgan fingerprint density at radius 3 is 2.76 bits per heavy atom. The molecule has 2 N–H and O–H groups in total. The van der Waals surface area contributed by atoms with Crippen molar-refractivity contribution in [2.24, 2.45) is 11.8 Å². The van der Waals surface area contributed by atoms with E-state index >= 15 is 0 Å². The third-order valence-corrected chi connectivity index (χ3v) is 7.17. The van der Waals surface area contributed by atoms with Crippen LogP contribution in [0.5, 0.6) is 5.75 Å². The second kappa shape index (κ2) is 8.87. The number of nitrogens with zero attached hydrogens (tertiary/aromatic N) is 2. The van der Waals surface area contributed by atoms with Crippen molar-refractivity contribution in [1.82, 2.24) is 9.88 Å². The number of esters is 1. The summed E-state index contributed by atoms with van der Waals surface area (Å²) in [6.07, 6.45) is 5.55. The van der Waals surface area contributed by atoms with Crippen molar-refractivity contribution in [3.05, 3.63) is 78.5 Å². The monoisotopic (exact) mass is 443 g/mol. The van der Waals surface area contributed by atoms with E-state index in [2.05, 4.69) is 22.5 Å². The third kappa shape index (κ3) is 4.07. The van der Waals surface area contributed by atoms with Gasteiger partial charge in [0.1, 0.15) is 11.9 Å². The van der Waals surface area contributed by atoms with Crippen LogP contribution in [-0.4, -0.2) is 42.1 Å². The molecule has 6 nitrogen and oxygen atoms in total. The van der Waals surface area contributed by atoms with E-state index in [1.165, 1.54) is 0 Å². The highest BCUT2D eigenvalue weighted by Gasteiger charge is 2.44. The van der Waals surface area contributed by atoms with Gasteiger partial charge in [-0.2, -0.15) is 0 Å². The predicted octanol–water partition coefficient (Wildman–Crippen LogP) is 4.62. The highest BCUT2D eigenvalue weighted by atomic mass is 16.5. The van der Waals surface area contributed by atoms with Gasteiger partial charge < -0.3 is 15.2 Å². The van der Waals surface area contributed by atoms with Crippen molar-refractivity contribution in [3.8, 4) is 5.75 Å². The number of carbonyl (C=O) groups excluding carboxylic acids is 1. The number of fused-ring (bicyclic) bond motifs is 4. The molecule has 3 saturated heterocycles. The van der Waals surface area contributed by atoms with Gasteiger partial charge in [-0.1, -0.05) is 6.08 Å². The zero-order valence-corrected chi connectivity index (χ0v) is 18.8. The number of aromatic nitrogens is 1. The minimum absolute atomic E-state index is 0.0921. The minimum Gasteiger partial charge on any atom is -0.497 e. The van der Waals surface area contributed by atoms with Crippen LogP contribution in [0.15, 0.2) is 67.4 Å². The molecule has 0 amide bonds. The van der Waals surface area contributed by atoms with Crippen LogP contribution in [0.1, 0.15) is 34.9 Å². The van der Waals surface area contributed by atoms with Crippen LogP contribution in [0.4, 0.5) is 5.69 Å². The van der Waals surface area contributed by atoms with Crippen molar-refractivity contribution in [2.75, 3.05) is 25.9 Å². The van der Waals surface area contributed by atoms with E-state index in [1.807, 2.05) is 24.3 Å². The first-order valence-corrected chi connectivity index (χ1v) is 11.4. The predicted molar refractivity (Wildman–Crippen MR) is 129 cm³/mol. The van der Waals surface area contributed by atoms with Crippen LogP contribution in [0.25, 0.3) is 10.9 Å². The Balaban J connectivity index is 1.56. The molecule has 0 radical (unpaired) electrons. The van der Waals surface area contributed by atoms with Gasteiger partial charge in [0, 0.05) is 29.4 Å². The van der Waals surface area contributed by atoms with Gasteiger partial charge >= 0.3 is 5.97 Å². The average Bonchev–Trinajstić information content (AvgIpc) is 2.87. The van der Waals surface area contributed by atoms with E-state index in [1.54, 1.807) is 37.6 Å². The lowest BCUT2D eigenvalue weighted by molar-refractivity contribution is -0.0568. The maximum atomic E-state index is 13.2. The lowest BCUT2D eigenvalue weighted by Gasteiger charge is -2.51. The molecule has 3 unspecified atom stereocenters. The van der Waals surface area contributed by atoms with Crippen LogP contribution in [0.3, 0.4) is 0 Å². The molecule has 6 heteroatoms. The number of ether oxygens (including phenoxy) is 2. The Bertz CT molecular complexity index is 1180. The summed E-state index contributed by atoms with van der Waals surface area (Å²) in [5.41, 5.74) is 8.71. The number of rotatable bonds is 6. The molecular formula is C27H29N3O3. The molecule has 5 atom stereocenters. The van der Waals surface area contributed by atoms with E-state index < -0.39 is 6.10 Å². The van der Waals surface area contributed by atoms with Crippen molar-refractivity contribution in [3.63, 3.8) is 0 Å². The second-order valence-electron chi connectivity index (χ2n) is 8.98. The summed E-state index contributed by atoms with van der Waals surface area (Å²) in [7, 11) is 1.65. The van der Waals surface area contributed by atoms with E-state index in [4.69, 9.17) is 15.2 Å². The van der Waals surface area contributed by atoms with Gasteiger partial charge in [0.15, 0.2) is 0 Å². The van der Waals surface area contributed by atoms with Crippen molar-refractivity contribution < 1.29 is 14.3 Å². The van der Waals surface area contributed by atoms with Crippen molar-refractivity contribution >= 4 is 22.6 Å². The van der Waals surface area contributed by atoms with Gasteiger partial charge in [-0.25, -0.2) is 4.79 Å². The molecule has 4 heterocycles. The molecule has 3 fully saturated rings. The lowest BCUT2D eigenvalue weighted by Crippen LogP contribution is -2.55. The summed E-state index contributed by atoms with van der Waals surface area (Å²) in [5, 5.41) is 0.940. The fraction of sp³-hybridized carbons (Fsp3) is 0.333. The number of methoxy groups -OCH3 is 1. The van der Waals surface area contributed by atoms with Gasteiger partial charge in [0.2, 0.25) is 0 Å². The van der Waals surface area contributed by atoms with Gasteiger partial charge in [-0.05, 0) is 79.8 Å². The summed E-state index contributed by atoms with van der Waals surface area (Å²) >= 11 is 0. The highest BCUT2D eigenvalue weighted by molar-refractivity contribution is 5.90. The fourth-order valence-corrected chi connectivity index (χ4v) is 5.37. The average molecular weight is 444 g/mol. The number of nitrogen functional groups attached to an aromatic ring is 1. The smallest absolute Gasteiger partial charge is 0.338 e. The van der Waals surface area contributed by atoms with E-state index in [9.17, 15) is 4.79 Å². The van der Waals surface area contributed by atoms with Gasteiger partial charge in [-0.15, -0.1) is 6.58 Å². The Morgan fingerprint density at radius 1 is 1.24 bits per heavy atom. The van der Waals surface area contributed by atoms with Gasteiger partial charge in [-0.3, -0.25) is 9.88 Å².